The van der Waals surface area contributed by atoms with E-state index in [9.17, 15) is 9.59 Å². The van der Waals surface area contributed by atoms with E-state index in [2.05, 4.69) is 0 Å². The highest BCUT2D eigenvalue weighted by Gasteiger charge is 2.42. The summed E-state index contributed by atoms with van der Waals surface area (Å²) in [5.74, 6) is 0.134. The fourth-order valence-corrected chi connectivity index (χ4v) is 3.64. The Balaban J connectivity index is 1.76. The molecule has 0 atom stereocenters. The van der Waals surface area contributed by atoms with E-state index < -0.39 is 0 Å². The van der Waals surface area contributed by atoms with Crippen LogP contribution in [0.5, 0.6) is 5.75 Å². The molecule has 1 saturated heterocycles. The van der Waals surface area contributed by atoms with E-state index in [0.29, 0.717) is 48.8 Å². The lowest BCUT2D eigenvalue weighted by atomic mass is 10.0. The molecule has 0 spiro atoms. The number of rotatable bonds is 5. The van der Waals surface area contributed by atoms with Gasteiger partial charge in [0.05, 0.1) is 30.6 Å². The molecule has 6 nitrogen and oxygen atoms in total. The minimum Gasteiger partial charge on any atom is -0.491 e. The maximum atomic E-state index is 13.4. The van der Waals surface area contributed by atoms with Crippen molar-refractivity contribution in [1.29, 1.82) is 0 Å². The van der Waals surface area contributed by atoms with Crippen LogP contribution >= 0.6 is 0 Å². The molecule has 0 aliphatic carbocycles. The SMILES string of the molecule is CC(C)Oc1ccc(C2=C(N3CCOCC3)C(=O)N(c3ccccc3)C2=O)cc1. The van der Waals surface area contributed by atoms with Crippen LogP contribution in [0.2, 0.25) is 0 Å². The molecule has 2 heterocycles. The quantitative estimate of drug-likeness (QED) is 0.732. The van der Waals surface area contributed by atoms with Crippen LogP contribution in [-0.4, -0.2) is 49.1 Å². The summed E-state index contributed by atoms with van der Waals surface area (Å²) in [4.78, 5) is 30.0. The zero-order chi connectivity index (χ0) is 20.4. The monoisotopic (exact) mass is 392 g/mol. The molecule has 2 aliphatic rings. The summed E-state index contributed by atoms with van der Waals surface area (Å²) in [5, 5.41) is 0. The van der Waals surface area contributed by atoms with Crippen LogP contribution in [0.4, 0.5) is 5.69 Å². The van der Waals surface area contributed by atoms with Gasteiger partial charge in [-0.1, -0.05) is 30.3 Å². The number of hydrogen-bond acceptors (Lipinski definition) is 5. The highest BCUT2D eigenvalue weighted by atomic mass is 16.5. The van der Waals surface area contributed by atoms with Crippen molar-refractivity contribution in [2.45, 2.75) is 20.0 Å². The summed E-state index contributed by atoms with van der Waals surface area (Å²) in [6.07, 6.45) is 0.0623. The molecule has 2 aliphatic heterocycles. The number of anilines is 1. The molecular weight excluding hydrogens is 368 g/mol. The van der Waals surface area contributed by atoms with E-state index in [4.69, 9.17) is 9.47 Å². The minimum atomic E-state index is -0.305. The average molecular weight is 392 g/mol. The van der Waals surface area contributed by atoms with Crippen molar-refractivity contribution in [2.24, 2.45) is 0 Å². The summed E-state index contributed by atoms with van der Waals surface area (Å²) in [7, 11) is 0. The summed E-state index contributed by atoms with van der Waals surface area (Å²) < 4.78 is 11.1. The van der Waals surface area contributed by atoms with E-state index in [1.165, 1.54) is 4.90 Å². The summed E-state index contributed by atoms with van der Waals surface area (Å²) in [5.41, 5.74) is 2.15. The third-order valence-corrected chi connectivity index (χ3v) is 4.92. The Morgan fingerprint density at radius 2 is 1.55 bits per heavy atom. The zero-order valence-electron chi connectivity index (χ0n) is 16.6. The van der Waals surface area contributed by atoms with Crippen molar-refractivity contribution >= 4 is 23.1 Å². The van der Waals surface area contributed by atoms with Crippen LogP contribution in [0, 0.1) is 0 Å². The van der Waals surface area contributed by atoms with Gasteiger partial charge in [-0.25, -0.2) is 4.90 Å². The van der Waals surface area contributed by atoms with Crippen LogP contribution < -0.4 is 9.64 Å². The van der Waals surface area contributed by atoms with Gasteiger partial charge in [-0.05, 0) is 43.7 Å². The number of carbonyl (C=O) groups excluding carboxylic acids is 2. The molecule has 0 radical (unpaired) electrons. The second-order valence-electron chi connectivity index (χ2n) is 7.30. The van der Waals surface area contributed by atoms with Gasteiger partial charge in [0.25, 0.3) is 11.8 Å². The Kier molecular flexibility index (Phi) is 5.36. The Hall–Kier alpha value is -3.12. The number of benzene rings is 2. The van der Waals surface area contributed by atoms with Gasteiger partial charge in [0, 0.05) is 13.1 Å². The van der Waals surface area contributed by atoms with E-state index in [-0.39, 0.29) is 17.9 Å². The Bertz CT molecular complexity index is 929. The largest absolute Gasteiger partial charge is 0.491 e. The number of amides is 2. The predicted molar refractivity (Wildman–Crippen MR) is 110 cm³/mol. The fourth-order valence-electron chi connectivity index (χ4n) is 3.64. The van der Waals surface area contributed by atoms with Crippen molar-refractivity contribution in [3.63, 3.8) is 0 Å². The molecule has 2 amide bonds. The molecule has 150 valence electrons. The van der Waals surface area contributed by atoms with Gasteiger partial charge in [-0.3, -0.25) is 9.59 Å². The standard InChI is InChI=1S/C23H24N2O4/c1-16(2)29-19-10-8-17(9-11-19)20-21(24-12-14-28-15-13-24)23(27)25(22(20)26)18-6-4-3-5-7-18/h3-11,16H,12-15H2,1-2H3. The van der Waals surface area contributed by atoms with Gasteiger partial charge in [0.2, 0.25) is 0 Å². The second-order valence-corrected chi connectivity index (χ2v) is 7.30. The molecular formula is C23H24N2O4. The van der Waals surface area contributed by atoms with E-state index in [1.54, 1.807) is 12.1 Å². The lowest BCUT2D eigenvalue weighted by Crippen LogP contribution is -2.40. The number of hydrogen-bond donors (Lipinski definition) is 0. The number of nitrogens with zero attached hydrogens (tertiary/aromatic N) is 2. The first-order valence-corrected chi connectivity index (χ1v) is 9.84. The number of morpholine rings is 1. The first-order valence-electron chi connectivity index (χ1n) is 9.84. The lowest BCUT2D eigenvalue weighted by molar-refractivity contribution is -0.121. The second kappa shape index (κ2) is 8.09. The number of carbonyl (C=O) groups is 2. The van der Waals surface area contributed by atoms with Crippen LogP contribution in [0.15, 0.2) is 60.3 Å². The van der Waals surface area contributed by atoms with Crippen molar-refractivity contribution in [2.75, 3.05) is 31.2 Å². The van der Waals surface area contributed by atoms with Gasteiger partial charge in [-0.15, -0.1) is 0 Å². The summed E-state index contributed by atoms with van der Waals surface area (Å²) in [6, 6.07) is 16.4. The Labute approximate surface area is 170 Å². The molecule has 0 bridgehead atoms. The first-order chi connectivity index (χ1) is 14.1. The molecule has 0 N–H and O–H groups in total. The molecule has 4 rings (SSSR count). The Morgan fingerprint density at radius 1 is 0.897 bits per heavy atom. The molecule has 0 aromatic heterocycles. The summed E-state index contributed by atoms with van der Waals surface area (Å²) in [6.45, 7) is 6.15. The maximum Gasteiger partial charge on any atom is 0.282 e. The van der Waals surface area contributed by atoms with Crippen molar-refractivity contribution in [1.82, 2.24) is 4.90 Å². The fraction of sp³-hybridized carbons (Fsp3) is 0.304. The highest BCUT2D eigenvalue weighted by molar-refractivity contribution is 6.45. The molecule has 0 saturated carbocycles. The molecule has 1 fully saturated rings. The number of para-hydroxylation sites is 1. The third-order valence-electron chi connectivity index (χ3n) is 4.92. The molecule has 0 unspecified atom stereocenters. The van der Waals surface area contributed by atoms with Gasteiger partial charge >= 0.3 is 0 Å². The first kappa shape index (κ1) is 19.2. The van der Waals surface area contributed by atoms with Crippen molar-refractivity contribution in [3.05, 3.63) is 65.9 Å². The molecule has 29 heavy (non-hydrogen) atoms. The van der Waals surface area contributed by atoms with Crippen LogP contribution in [-0.2, 0) is 14.3 Å². The van der Waals surface area contributed by atoms with Crippen molar-refractivity contribution < 1.29 is 19.1 Å². The van der Waals surface area contributed by atoms with E-state index in [1.807, 2.05) is 61.2 Å². The summed E-state index contributed by atoms with van der Waals surface area (Å²) >= 11 is 0. The highest BCUT2D eigenvalue weighted by Crippen LogP contribution is 2.35. The minimum absolute atomic E-state index is 0.0623. The van der Waals surface area contributed by atoms with Gasteiger partial charge in [0.15, 0.2) is 0 Å². The third kappa shape index (κ3) is 3.76. The number of imide groups is 1. The van der Waals surface area contributed by atoms with Gasteiger partial charge < -0.3 is 14.4 Å². The van der Waals surface area contributed by atoms with Crippen LogP contribution in [0.25, 0.3) is 5.57 Å². The lowest BCUT2D eigenvalue weighted by Gasteiger charge is -2.29. The Morgan fingerprint density at radius 3 is 2.17 bits per heavy atom. The normalized spacial score (nSPS) is 17.5. The average Bonchev–Trinajstić information content (AvgIpc) is 2.99. The maximum absolute atomic E-state index is 13.4. The van der Waals surface area contributed by atoms with E-state index >= 15 is 0 Å². The van der Waals surface area contributed by atoms with Gasteiger partial charge in [-0.2, -0.15) is 0 Å². The van der Waals surface area contributed by atoms with E-state index in [0.717, 1.165) is 5.75 Å². The molecule has 2 aromatic rings. The molecule has 2 aromatic carbocycles. The molecule has 6 heteroatoms. The number of ether oxygens (including phenoxy) is 2. The van der Waals surface area contributed by atoms with Crippen LogP contribution in [0.1, 0.15) is 19.4 Å². The zero-order valence-corrected chi connectivity index (χ0v) is 16.6. The van der Waals surface area contributed by atoms with Crippen LogP contribution in [0.3, 0.4) is 0 Å². The van der Waals surface area contributed by atoms with Crippen molar-refractivity contribution in [3.8, 4) is 5.75 Å². The smallest absolute Gasteiger partial charge is 0.282 e. The van der Waals surface area contributed by atoms with Gasteiger partial charge in [0.1, 0.15) is 11.4 Å². The topological polar surface area (TPSA) is 59.1 Å². The predicted octanol–water partition coefficient (Wildman–Crippen LogP) is 3.09.